The molecule has 0 aliphatic carbocycles. The van der Waals surface area contributed by atoms with Gasteiger partial charge in [-0.15, -0.1) is 0 Å². The van der Waals surface area contributed by atoms with Crippen LogP contribution in [0.25, 0.3) is 0 Å². The lowest BCUT2D eigenvalue weighted by Crippen LogP contribution is -2.40. The molecule has 0 aromatic carbocycles. The van der Waals surface area contributed by atoms with E-state index >= 15 is 0 Å². The fourth-order valence-corrected chi connectivity index (χ4v) is 1.85. The van der Waals surface area contributed by atoms with Crippen molar-refractivity contribution in [3.05, 3.63) is 11.6 Å². The normalized spacial score (nSPS) is 20.3. The predicted octanol–water partition coefficient (Wildman–Crippen LogP) is 0.801. The first-order valence-electron chi connectivity index (χ1n) is 6.40. The number of ether oxygens (including phenoxy) is 1. The Morgan fingerprint density at radius 3 is 2.89 bits per heavy atom. The third-order valence-corrected chi connectivity index (χ3v) is 2.91. The highest BCUT2D eigenvalue weighted by Crippen LogP contribution is 2.18. The van der Waals surface area contributed by atoms with Crippen LogP contribution in [0.3, 0.4) is 0 Å². The number of hydrogen-bond donors (Lipinski definition) is 1. The molecule has 1 fully saturated rings. The molecule has 19 heavy (non-hydrogen) atoms. The lowest BCUT2D eigenvalue weighted by atomic mass is 10.1. The molecule has 0 unspecified atom stereocenters. The lowest BCUT2D eigenvalue weighted by molar-refractivity contribution is -0.220. The van der Waals surface area contributed by atoms with E-state index in [1.807, 2.05) is 0 Å². The molecule has 108 valence electrons. The SMILES string of the molecule is COC(=O)C[C@H]1CCCN(C(=O)/C=C(\C)CCO)O1. The number of carbonyl (C=O) groups is 2. The summed E-state index contributed by atoms with van der Waals surface area (Å²) >= 11 is 0. The summed E-state index contributed by atoms with van der Waals surface area (Å²) in [5, 5.41) is 10.1. The van der Waals surface area contributed by atoms with Crippen molar-refractivity contribution < 1.29 is 24.3 Å². The van der Waals surface area contributed by atoms with Crippen molar-refractivity contribution in [2.75, 3.05) is 20.3 Å². The van der Waals surface area contributed by atoms with Gasteiger partial charge in [-0.05, 0) is 26.2 Å². The maximum absolute atomic E-state index is 11.9. The van der Waals surface area contributed by atoms with Gasteiger partial charge in [0.2, 0.25) is 0 Å². The number of carbonyl (C=O) groups excluding carboxylic acids is 2. The average molecular weight is 271 g/mol. The maximum Gasteiger partial charge on any atom is 0.308 e. The van der Waals surface area contributed by atoms with E-state index in [4.69, 9.17) is 9.94 Å². The number of methoxy groups -OCH3 is 1. The Balaban J connectivity index is 2.52. The van der Waals surface area contributed by atoms with Gasteiger partial charge in [-0.3, -0.25) is 14.4 Å². The lowest BCUT2D eigenvalue weighted by Gasteiger charge is -2.31. The third-order valence-electron chi connectivity index (χ3n) is 2.91. The van der Waals surface area contributed by atoms with Crippen molar-refractivity contribution >= 4 is 11.9 Å². The maximum atomic E-state index is 11.9. The standard InChI is InChI=1S/C13H21NO5/c1-10(5-7-15)8-12(16)14-6-3-4-11(19-14)9-13(17)18-2/h8,11,15H,3-7,9H2,1-2H3/b10-8+/t11-/m1/s1. The summed E-state index contributed by atoms with van der Waals surface area (Å²) in [6, 6.07) is 0. The first-order chi connectivity index (χ1) is 9.06. The molecule has 1 rings (SSSR count). The Labute approximate surface area is 112 Å². The first kappa shape index (κ1) is 15.7. The van der Waals surface area contributed by atoms with Crippen molar-refractivity contribution in [3.8, 4) is 0 Å². The van der Waals surface area contributed by atoms with E-state index in [9.17, 15) is 9.59 Å². The molecule has 0 saturated carbocycles. The van der Waals surface area contributed by atoms with Gasteiger partial charge in [0.25, 0.3) is 5.91 Å². The Morgan fingerprint density at radius 2 is 2.26 bits per heavy atom. The molecule has 1 amide bonds. The van der Waals surface area contributed by atoms with Gasteiger partial charge in [0, 0.05) is 19.2 Å². The minimum atomic E-state index is -0.341. The zero-order valence-corrected chi connectivity index (χ0v) is 11.4. The molecule has 1 aliphatic rings. The molecule has 0 bridgehead atoms. The zero-order chi connectivity index (χ0) is 14.3. The number of aliphatic hydroxyl groups excluding tert-OH is 1. The fraction of sp³-hybridized carbons (Fsp3) is 0.692. The van der Waals surface area contributed by atoms with Crippen LogP contribution in [0.15, 0.2) is 11.6 Å². The van der Waals surface area contributed by atoms with Crippen LogP contribution >= 0.6 is 0 Å². The molecule has 1 N–H and O–H groups in total. The van der Waals surface area contributed by atoms with E-state index in [2.05, 4.69) is 4.74 Å². The predicted molar refractivity (Wildman–Crippen MR) is 67.9 cm³/mol. The largest absolute Gasteiger partial charge is 0.469 e. The summed E-state index contributed by atoms with van der Waals surface area (Å²) in [6.07, 6.45) is 3.29. The Kier molecular flexibility index (Phi) is 6.52. The second-order valence-corrected chi connectivity index (χ2v) is 4.55. The van der Waals surface area contributed by atoms with E-state index < -0.39 is 0 Å². The van der Waals surface area contributed by atoms with Gasteiger partial charge < -0.3 is 9.84 Å². The number of amides is 1. The smallest absolute Gasteiger partial charge is 0.308 e. The van der Waals surface area contributed by atoms with Gasteiger partial charge in [-0.2, -0.15) is 0 Å². The number of hydrogen-bond acceptors (Lipinski definition) is 5. The van der Waals surface area contributed by atoms with Crippen LogP contribution in [0.5, 0.6) is 0 Å². The van der Waals surface area contributed by atoms with Gasteiger partial charge in [0.05, 0.1) is 19.6 Å². The molecular weight excluding hydrogens is 250 g/mol. The van der Waals surface area contributed by atoms with Gasteiger partial charge in [0.15, 0.2) is 0 Å². The van der Waals surface area contributed by atoms with Gasteiger partial charge in [-0.1, -0.05) is 5.57 Å². The summed E-state index contributed by atoms with van der Waals surface area (Å²) in [6.45, 7) is 2.31. The van der Waals surface area contributed by atoms with Gasteiger partial charge in [-0.25, -0.2) is 5.06 Å². The molecule has 0 spiro atoms. The number of aliphatic hydroxyl groups is 1. The molecule has 6 heteroatoms. The molecule has 0 aromatic heterocycles. The van der Waals surface area contributed by atoms with Crippen molar-refractivity contribution in [1.82, 2.24) is 5.06 Å². The van der Waals surface area contributed by atoms with Crippen LogP contribution < -0.4 is 0 Å². The van der Waals surface area contributed by atoms with Crippen LogP contribution in [0.2, 0.25) is 0 Å². The highest BCUT2D eigenvalue weighted by Gasteiger charge is 2.25. The van der Waals surface area contributed by atoms with E-state index in [0.717, 1.165) is 18.4 Å². The molecule has 1 saturated heterocycles. The molecule has 0 radical (unpaired) electrons. The third kappa shape index (κ3) is 5.40. The number of nitrogens with zero attached hydrogens (tertiary/aromatic N) is 1. The summed E-state index contributed by atoms with van der Waals surface area (Å²) < 4.78 is 4.58. The van der Waals surface area contributed by atoms with Crippen LogP contribution in [-0.4, -0.2) is 48.4 Å². The van der Waals surface area contributed by atoms with E-state index in [0.29, 0.717) is 13.0 Å². The molecular formula is C13H21NO5. The average Bonchev–Trinajstić information content (AvgIpc) is 2.39. The van der Waals surface area contributed by atoms with Crippen molar-refractivity contribution in [2.45, 2.75) is 38.7 Å². The molecule has 6 nitrogen and oxygen atoms in total. The molecule has 1 heterocycles. The van der Waals surface area contributed by atoms with Crippen LogP contribution in [0.4, 0.5) is 0 Å². The van der Waals surface area contributed by atoms with Crippen molar-refractivity contribution in [2.24, 2.45) is 0 Å². The van der Waals surface area contributed by atoms with Gasteiger partial charge >= 0.3 is 5.97 Å². The van der Waals surface area contributed by atoms with Crippen LogP contribution in [0.1, 0.15) is 32.6 Å². The highest BCUT2D eigenvalue weighted by molar-refractivity contribution is 5.87. The van der Waals surface area contributed by atoms with E-state index in [1.54, 1.807) is 6.92 Å². The molecule has 1 aliphatic heterocycles. The van der Waals surface area contributed by atoms with Crippen molar-refractivity contribution in [3.63, 3.8) is 0 Å². The molecule has 0 aromatic rings. The monoisotopic (exact) mass is 271 g/mol. The Hall–Kier alpha value is -1.40. The number of hydroxylamine groups is 2. The summed E-state index contributed by atoms with van der Waals surface area (Å²) in [5.41, 5.74) is 0.797. The minimum Gasteiger partial charge on any atom is -0.469 e. The Morgan fingerprint density at radius 1 is 1.53 bits per heavy atom. The second kappa shape index (κ2) is 7.91. The van der Waals surface area contributed by atoms with Crippen LogP contribution in [-0.2, 0) is 19.2 Å². The van der Waals surface area contributed by atoms with Crippen molar-refractivity contribution in [1.29, 1.82) is 0 Å². The minimum absolute atomic E-state index is 0.0153. The van der Waals surface area contributed by atoms with E-state index in [-0.39, 0.29) is 31.0 Å². The summed E-state index contributed by atoms with van der Waals surface area (Å²) in [4.78, 5) is 28.6. The second-order valence-electron chi connectivity index (χ2n) is 4.55. The topological polar surface area (TPSA) is 76.1 Å². The van der Waals surface area contributed by atoms with E-state index in [1.165, 1.54) is 18.2 Å². The van der Waals surface area contributed by atoms with Crippen LogP contribution in [0, 0.1) is 0 Å². The summed E-state index contributed by atoms with van der Waals surface area (Å²) in [7, 11) is 1.33. The number of esters is 1. The zero-order valence-electron chi connectivity index (χ0n) is 11.4. The van der Waals surface area contributed by atoms with Gasteiger partial charge in [0.1, 0.15) is 0 Å². The quantitative estimate of drug-likeness (QED) is 0.591. The first-order valence-corrected chi connectivity index (χ1v) is 6.40. The summed E-state index contributed by atoms with van der Waals surface area (Å²) in [5.74, 6) is -0.591. The number of rotatable bonds is 5. The Bertz CT molecular complexity index is 353. The molecule has 1 atom stereocenters. The fourth-order valence-electron chi connectivity index (χ4n) is 1.85. The highest BCUT2D eigenvalue weighted by atomic mass is 16.7.